The van der Waals surface area contributed by atoms with Crippen LogP contribution in [0.25, 0.3) is 11.1 Å². The number of hydrogen-bond donors (Lipinski definition) is 1. The molecule has 0 aromatic heterocycles. The minimum absolute atomic E-state index is 0.259. The first-order valence-corrected chi connectivity index (χ1v) is 8.08. The van der Waals surface area contributed by atoms with Crippen LogP contribution in [0.3, 0.4) is 0 Å². The van der Waals surface area contributed by atoms with Gasteiger partial charge in [0.2, 0.25) is 0 Å². The lowest BCUT2D eigenvalue weighted by Crippen LogP contribution is -2.51. The first-order chi connectivity index (χ1) is 11.8. The van der Waals surface area contributed by atoms with E-state index in [0.717, 1.165) is 11.1 Å². The maximum atomic E-state index is 12.0. The van der Waals surface area contributed by atoms with Crippen LogP contribution in [0, 0.1) is 0 Å². The molecule has 0 saturated carbocycles. The molecule has 6 heteroatoms. The second-order valence-electron chi connectivity index (χ2n) is 5.96. The van der Waals surface area contributed by atoms with Gasteiger partial charge in [0.1, 0.15) is 11.3 Å². The van der Waals surface area contributed by atoms with Crippen LogP contribution in [0.5, 0.6) is 5.75 Å². The normalized spacial score (nSPS) is 10.9. The Morgan fingerprint density at radius 3 is 2.36 bits per heavy atom. The van der Waals surface area contributed by atoms with Crippen LogP contribution in [0.4, 0.5) is 0 Å². The highest BCUT2D eigenvalue weighted by molar-refractivity contribution is 6.32. The van der Waals surface area contributed by atoms with Crippen molar-refractivity contribution in [1.29, 1.82) is 0 Å². The van der Waals surface area contributed by atoms with E-state index in [1.807, 2.05) is 36.4 Å². The van der Waals surface area contributed by atoms with Crippen molar-refractivity contribution in [3.63, 3.8) is 0 Å². The van der Waals surface area contributed by atoms with Gasteiger partial charge in [-0.15, -0.1) is 0 Å². The van der Waals surface area contributed by atoms with Crippen molar-refractivity contribution in [3.05, 3.63) is 53.6 Å². The van der Waals surface area contributed by atoms with Crippen LogP contribution in [0.2, 0.25) is 5.02 Å². The number of ether oxygens (including phenoxy) is 2. The Labute approximate surface area is 151 Å². The van der Waals surface area contributed by atoms with Gasteiger partial charge in [-0.3, -0.25) is 4.79 Å². The zero-order valence-corrected chi connectivity index (χ0v) is 15.1. The lowest BCUT2D eigenvalue weighted by molar-refractivity contribution is -0.149. The van der Waals surface area contributed by atoms with Crippen LogP contribution >= 0.6 is 11.6 Å². The van der Waals surface area contributed by atoms with E-state index in [2.05, 4.69) is 10.1 Å². The summed E-state index contributed by atoms with van der Waals surface area (Å²) >= 11 is 6.24. The third-order valence-corrected chi connectivity index (χ3v) is 3.84. The summed E-state index contributed by atoms with van der Waals surface area (Å²) in [6.07, 6.45) is 0. The van der Waals surface area contributed by atoms with Gasteiger partial charge in [0.25, 0.3) is 5.91 Å². The zero-order chi connectivity index (χ0) is 18.4. The molecule has 0 unspecified atom stereocenters. The van der Waals surface area contributed by atoms with Crippen LogP contribution in [-0.2, 0) is 14.3 Å². The molecule has 132 valence electrons. The second-order valence-corrected chi connectivity index (χ2v) is 6.37. The van der Waals surface area contributed by atoms with E-state index in [1.54, 1.807) is 26.0 Å². The highest BCUT2D eigenvalue weighted by Gasteiger charge is 2.30. The Balaban J connectivity index is 1.99. The first kappa shape index (κ1) is 18.8. The van der Waals surface area contributed by atoms with E-state index in [-0.39, 0.29) is 6.61 Å². The smallest absolute Gasteiger partial charge is 0.330 e. The number of carbonyl (C=O) groups excluding carboxylic acids is 2. The highest BCUT2D eigenvalue weighted by Crippen LogP contribution is 2.30. The number of methoxy groups -OCH3 is 1. The largest absolute Gasteiger partial charge is 0.482 e. The van der Waals surface area contributed by atoms with Crippen LogP contribution in [0.1, 0.15) is 13.8 Å². The molecule has 0 aliphatic heterocycles. The van der Waals surface area contributed by atoms with Crippen LogP contribution in [-0.4, -0.2) is 31.1 Å². The molecule has 1 N–H and O–H groups in total. The van der Waals surface area contributed by atoms with E-state index in [1.165, 1.54) is 7.11 Å². The van der Waals surface area contributed by atoms with Crippen molar-refractivity contribution in [2.75, 3.05) is 13.7 Å². The van der Waals surface area contributed by atoms with Crippen molar-refractivity contribution < 1.29 is 19.1 Å². The van der Waals surface area contributed by atoms with Gasteiger partial charge in [-0.1, -0.05) is 48.0 Å². The molecule has 0 aliphatic rings. The first-order valence-electron chi connectivity index (χ1n) is 7.70. The average molecular weight is 362 g/mol. The van der Waals surface area contributed by atoms with Gasteiger partial charge in [-0.25, -0.2) is 4.79 Å². The van der Waals surface area contributed by atoms with E-state index in [0.29, 0.717) is 10.8 Å². The van der Waals surface area contributed by atoms with Crippen molar-refractivity contribution in [2.24, 2.45) is 0 Å². The van der Waals surface area contributed by atoms with Crippen molar-refractivity contribution in [2.45, 2.75) is 19.4 Å². The monoisotopic (exact) mass is 361 g/mol. The molecule has 1 amide bonds. The molecule has 0 aliphatic carbocycles. The lowest BCUT2D eigenvalue weighted by Gasteiger charge is -2.23. The summed E-state index contributed by atoms with van der Waals surface area (Å²) in [4.78, 5) is 23.5. The van der Waals surface area contributed by atoms with Crippen molar-refractivity contribution in [1.82, 2.24) is 5.32 Å². The molecule has 2 aromatic carbocycles. The fourth-order valence-electron chi connectivity index (χ4n) is 2.26. The molecular weight excluding hydrogens is 342 g/mol. The van der Waals surface area contributed by atoms with Crippen LogP contribution < -0.4 is 10.1 Å². The van der Waals surface area contributed by atoms with Gasteiger partial charge >= 0.3 is 5.97 Å². The lowest BCUT2D eigenvalue weighted by atomic mass is 10.1. The number of nitrogens with one attached hydrogen (secondary N) is 1. The fourth-order valence-corrected chi connectivity index (χ4v) is 2.50. The fraction of sp³-hybridized carbons (Fsp3) is 0.263. The van der Waals surface area contributed by atoms with Crippen molar-refractivity contribution in [3.8, 4) is 16.9 Å². The van der Waals surface area contributed by atoms with Gasteiger partial charge < -0.3 is 14.8 Å². The highest BCUT2D eigenvalue weighted by atomic mass is 35.5. The number of benzene rings is 2. The van der Waals surface area contributed by atoms with Crippen molar-refractivity contribution >= 4 is 23.5 Å². The maximum absolute atomic E-state index is 12.0. The molecule has 0 spiro atoms. The molecule has 0 heterocycles. The summed E-state index contributed by atoms with van der Waals surface area (Å²) in [5.41, 5.74) is 0.860. The number of esters is 1. The molecular formula is C19H20ClNO4. The molecule has 2 rings (SSSR count). The number of carbonyl (C=O) groups is 2. The van der Waals surface area contributed by atoms with Gasteiger partial charge in [-0.05, 0) is 37.1 Å². The van der Waals surface area contributed by atoms with E-state index < -0.39 is 17.4 Å². The molecule has 0 bridgehead atoms. The predicted molar refractivity (Wildman–Crippen MR) is 96.6 cm³/mol. The quantitative estimate of drug-likeness (QED) is 0.800. The summed E-state index contributed by atoms with van der Waals surface area (Å²) in [6, 6.07) is 15.2. The second kappa shape index (κ2) is 8.03. The van der Waals surface area contributed by atoms with E-state index >= 15 is 0 Å². The zero-order valence-electron chi connectivity index (χ0n) is 14.3. The number of amides is 1. The summed E-state index contributed by atoms with van der Waals surface area (Å²) in [6.45, 7) is 2.85. The Bertz CT molecular complexity index is 759. The molecule has 0 radical (unpaired) electrons. The van der Waals surface area contributed by atoms with Gasteiger partial charge in [0, 0.05) is 0 Å². The summed E-state index contributed by atoms with van der Waals surface area (Å²) in [5, 5.41) is 2.96. The standard InChI is InChI=1S/C19H20ClNO4/c1-19(2,18(23)24-3)21-17(22)12-25-16-10-9-14(11-15(16)20)13-7-5-4-6-8-13/h4-11H,12H2,1-3H3,(H,21,22). The topological polar surface area (TPSA) is 64.6 Å². The molecule has 0 fully saturated rings. The Morgan fingerprint density at radius 1 is 1.08 bits per heavy atom. The molecule has 2 aromatic rings. The van der Waals surface area contributed by atoms with E-state index in [9.17, 15) is 9.59 Å². The Kier molecular flexibility index (Phi) is 6.04. The summed E-state index contributed by atoms with van der Waals surface area (Å²) in [7, 11) is 1.26. The molecule has 0 saturated heterocycles. The Morgan fingerprint density at radius 2 is 1.76 bits per heavy atom. The predicted octanol–water partition coefficient (Wildman–Crippen LogP) is 3.45. The van der Waals surface area contributed by atoms with Gasteiger partial charge in [0.15, 0.2) is 6.61 Å². The van der Waals surface area contributed by atoms with Gasteiger partial charge in [-0.2, -0.15) is 0 Å². The number of hydrogen-bond acceptors (Lipinski definition) is 4. The third kappa shape index (κ3) is 4.97. The third-order valence-electron chi connectivity index (χ3n) is 3.55. The molecule has 25 heavy (non-hydrogen) atoms. The summed E-state index contributed by atoms with van der Waals surface area (Å²) in [5.74, 6) is -0.586. The average Bonchev–Trinajstić information content (AvgIpc) is 2.60. The summed E-state index contributed by atoms with van der Waals surface area (Å²) < 4.78 is 10.1. The minimum atomic E-state index is -1.13. The molecule has 5 nitrogen and oxygen atoms in total. The number of halogens is 1. The Hall–Kier alpha value is -2.53. The van der Waals surface area contributed by atoms with E-state index in [4.69, 9.17) is 16.3 Å². The molecule has 0 atom stereocenters. The number of rotatable bonds is 6. The van der Waals surface area contributed by atoms with Crippen LogP contribution in [0.15, 0.2) is 48.5 Å². The SMILES string of the molecule is COC(=O)C(C)(C)NC(=O)COc1ccc(-c2ccccc2)cc1Cl. The maximum Gasteiger partial charge on any atom is 0.330 e. The minimum Gasteiger partial charge on any atom is -0.482 e. The van der Waals surface area contributed by atoms with Gasteiger partial charge in [0.05, 0.1) is 12.1 Å².